The van der Waals surface area contributed by atoms with Crippen molar-refractivity contribution in [3.8, 4) is 0 Å². The smallest absolute Gasteiger partial charge is 0.223 e. The van der Waals surface area contributed by atoms with Gasteiger partial charge in [0.25, 0.3) is 0 Å². The van der Waals surface area contributed by atoms with E-state index in [1.165, 1.54) is 11.1 Å². The van der Waals surface area contributed by atoms with Gasteiger partial charge in [-0.1, -0.05) is 54.4 Å². The number of fused-ring (bicyclic) bond motifs is 1. The monoisotopic (exact) mass is 398 g/mol. The lowest BCUT2D eigenvalue weighted by molar-refractivity contribution is -0.124. The van der Waals surface area contributed by atoms with Crippen molar-refractivity contribution in [2.24, 2.45) is 5.92 Å². The Bertz CT molecular complexity index is 764. The fraction of sp³-hybridized carbons (Fsp3) is 0.316. The van der Waals surface area contributed by atoms with E-state index >= 15 is 0 Å². The van der Waals surface area contributed by atoms with E-state index in [4.69, 9.17) is 23.2 Å². The van der Waals surface area contributed by atoms with Gasteiger partial charge in [0.1, 0.15) is 0 Å². The first-order chi connectivity index (χ1) is 11.5. The Kier molecular flexibility index (Phi) is 7.14. The lowest BCUT2D eigenvalue weighted by Gasteiger charge is -2.14. The maximum absolute atomic E-state index is 12.3. The van der Waals surface area contributed by atoms with Crippen LogP contribution in [0, 0.1) is 5.92 Å². The average molecular weight is 400 g/mol. The van der Waals surface area contributed by atoms with Crippen LogP contribution in [-0.4, -0.2) is 5.91 Å². The minimum atomic E-state index is -0.153. The molecule has 2 aromatic rings. The molecule has 1 unspecified atom stereocenters. The van der Waals surface area contributed by atoms with Gasteiger partial charge in [0, 0.05) is 35.6 Å². The van der Waals surface area contributed by atoms with Gasteiger partial charge in [0.05, 0.1) is 0 Å². The molecule has 134 valence electrons. The topological polar surface area (TPSA) is 41.1 Å². The maximum atomic E-state index is 12.3. The standard InChI is InChI=1S/C19H20Cl2N2O.ClH/c1-12(6-14-4-5-17(20)8-18(14)21)19(24)23-9-13-2-3-15-10-22-11-16(15)7-13;/h2-5,7-8,12,22H,6,9-11H2,1H3,(H,23,24);1H. The summed E-state index contributed by atoms with van der Waals surface area (Å²) >= 11 is 12.1. The van der Waals surface area contributed by atoms with E-state index in [9.17, 15) is 4.79 Å². The molecule has 0 fully saturated rings. The predicted octanol–water partition coefficient (Wildman–Crippen LogP) is 4.51. The van der Waals surface area contributed by atoms with Gasteiger partial charge in [-0.15, -0.1) is 12.4 Å². The largest absolute Gasteiger partial charge is 0.352 e. The van der Waals surface area contributed by atoms with Gasteiger partial charge in [-0.05, 0) is 40.8 Å². The summed E-state index contributed by atoms with van der Waals surface area (Å²) in [6.07, 6.45) is 0.593. The summed E-state index contributed by atoms with van der Waals surface area (Å²) < 4.78 is 0. The zero-order valence-electron chi connectivity index (χ0n) is 13.9. The van der Waals surface area contributed by atoms with Crippen molar-refractivity contribution in [3.05, 3.63) is 68.7 Å². The summed E-state index contributed by atoms with van der Waals surface area (Å²) in [7, 11) is 0. The zero-order valence-corrected chi connectivity index (χ0v) is 16.3. The summed E-state index contributed by atoms with van der Waals surface area (Å²) in [6, 6.07) is 11.8. The normalized spacial score (nSPS) is 13.7. The minimum absolute atomic E-state index is 0. The number of hydrogen-bond acceptors (Lipinski definition) is 2. The van der Waals surface area contributed by atoms with E-state index in [1.54, 1.807) is 12.1 Å². The number of benzene rings is 2. The molecule has 1 aliphatic rings. The minimum Gasteiger partial charge on any atom is -0.352 e. The molecule has 0 saturated heterocycles. The van der Waals surface area contributed by atoms with Crippen LogP contribution < -0.4 is 10.6 Å². The number of nitrogens with one attached hydrogen (secondary N) is 2. The third-order valence-corrected chi connectivity index (χ3v) is 4.94. The fourth-order valence-electron chi connectivity index (χ4n) is 2.93. The van der Waals surface area contributed by atoms with Crippen LogP contribution in [0.3, 0.4) is 0 Å². The number of rotatable bonds is 5. The van der Waals surface area contributed by atoms with Gasteiger partial charge in [-0.2, -0.15) is 0 Å². The highest BCUT2D eigenvalue weighted by atomic mass is 35.5. The molecule has 2 aromatic carbocycles. The molecular weight excluding hydrogens is 379 g/mol. The first-order valence-electron chi connectivity index (χ1n) is 8.06. The second-order valence-electron chi connectivity index (χ2n) is 6.27. The van der Waals surface area contributed by atoms with Crippen LogP contribution in [0.4, 0.5) is 0 Å². The van der Waals surface area contributed by atoms with Crippen LogP contribution in [0.1, 0.15) is 29.2 Å². The second-order valence-corrected chi connectivity index (χ2v) is 7.11. The molecule has 0 aliphatic carbocycles. The van der Waals surface area contributed by atoms with E-state index in [0.29, 0.717) is 23.0 Å². The van der Waals surface area contributed by atoms with Crippen LogP contribution in [0.2, 0.25) is 10.0 Å². The van der Waals surface area contributed by atoms with Crippen LogP contribution in [0.15, 0.2) is 36.4 Å². The van der Waals surface area contributed by atoms with E-state index in [1.807, 2.05) is 13.0 Å². The van der Waals surface area contributed by atoms with Gasteiger partial charge in [-0.3, -0.25) is 4.79 Å². The molecule has 0 radical (unpaired) electrons. The van der Waals surface area contributed by atoms with Crippen molar-refractivity contribution in [2.45, 2.75) is 33.0 Å². The summed E-state index contributed by atoms with van der Waals surface area (Å²) in [4.78, 5) is 12.3. The molecule has 1 atom stereocenters. The number of carbonyl (C=O) groups excluding carboxylic acids is 1. The quantitative estimate of drug-likeness (QED) is 0.776. The number of amides is 1. The van der Waals surface area contributed by atoms with E-state index in [-0.39, 0.29) is 24.2 Å². The highest BCUT2D eigenvalue weighted by Gasteiger charge is 2.16. The Hall–Kier alpha value is -1.26. The summed E-state index contributed by atoms with van der Waals surface area (Å²) in [5.41, 5.74) is 4.73. The molecule has 1 heterocycles. The van der Waals surface area contributed by atoms with Gasteiger partial charge in [0.15, 0.2) is 0 Å². The first kappa shape index (κ1) is 20.1. The molecule has 1 amide bonds. The third kappa shape index (κ3) is 5.11. The van der Waals surface area contributed by atoms with E-state index < -0.39 is 0 Å². The zero-order chi connectivity index (χ0) is 17.1. The number of carbonyl (C=O) groups is 1. The molecule has 0 aromatic heterocycles. The highest BCUT2D eigenvalue weighted by molar-refractivity contribution is 6.35. The third-order valence-electron chi connectivity index (χ3n) is 4.36. The maximum Gasteiger partial charge on any atom is 0.223 e. The van der Waals surface area contributed by atoms with Crippen LogP contribution in [-0.2, 0) is 30.8 Å². The number of halogens is 3. The van der Waals surface area contributed by atoms with Crippen molar-refractivity contribution in [1.82, 2.24) is 10.6 Å². The second kappa shape index (κ2) is 8.91. The summed E-state index contributed by atoms with van der Waals surface area (Å²) in [6.45, 7) is 4.29. The van der Waals surface area contributed by atoms with Crippen molar-refractivity contribution >= 4 is 41.5 Å². The van der Waals surface area contributed by atoms with E-state index in [0.717, 1.165) is 24.2 Å². The van der Waals surface area contributed by atoms with Crippen LogP contribution in [0.5, 0.6) is 0 Å². The molecule has 3 nitrogen and oxygen atoms in total. The molecule has 25 heavy (non-hydrogen) atoms. The molecular formula is C19H21Cl3N2O. The lowest BCUT2D eigenvalue weighted by atomic mass is 10.00. The van der Waals surface area contributed by atoms with E-state index in [2.05, 4.69) is 28.8 Å². The highest BCUT2D eigenvalue weighted by Crippen LogP contribution is 2.23. The first-order valence-corrected chi connectivity index (χ1v) is 8.81. The molecule has 3 rings (SSSR count). The van der Waals surface area contributed by atoms with Gasteiger partial charge < -0.3 is 10.6 Å². The molecule has 0 bridgehead atoms. The predicted molar refractivity (Wildman–Crippen MR) is 105 cm³/mol. The Labute approximate surface area is 164 Å². The Morgan fingerprint density at radius 3 is 2.68 bits per heavy atom. The molecule has 2 N–H and O–H groups in total. The van der Waals surface area contributed by atoms with Crippen LogP contribution >= 0.6 is 35.6 Å². The van der Waals surface area contributed by atoms with Crippen molar-refractivity contribution in [2.75, 3.05) is 0 Å². The average Bonchev–Trinajstić information content (AvgIpc) is 3.02. The molecule has 0 spiro atoms. The van der Waals surface area contributed by atoms with Gasteiger partial charge >= 0.3 is 0 Å². The van der Waals surface area contributed by atoms with Crippen molar-refractivity contribution in [3.63, 3.8) is 0 Å². The molecule has 6 heteroatoms. The Balaban J connectivity index is 0.00000225. The lowest BCUT2D eigenvalue weighted by Crippen LogP contribution is -2.30. The van der Waals surface area contributed by atoms with Crippen LogP contribution in [0.25, 0.3) is 0 Å². The van der Waals surface area contributed by atoms with Crippen molar-refractivity contribution in [1.29, 1.82) is 0 Å². The van der Waals surface area contributed by atoms with Gasteiger partial charge in [0.2, 0.25) is 5.91 Å². The van der Waals surface area contributed by atoms with Crippen molar-refractivity contribution < 1.29 is 4.79 Å². The van der Waals surface area contributed by atoms with Gasteiger partial charge in [-0.25, -0.2) is 0 Å². The fourth-order valence-corrected chi connectivity index (χ4v) is 3.42. The molecule has 0 saturated carbocycles. The number of hydrogen-bond donors (Lipinski definition) is 2. The summed E-state index contributed by atoms with van der Waals surface area (Å²) in [5.74, 6) is -0.126. The molecule has 1 aliphatic heterocycles. The Morgan fingerprint density at radius 1 is 1.16 bits per heavy atom. The Morgan fingerprint density at radius 2 is 1.92 bits per heavy atom. The summed E-state index contributed by atoms with van der Waals surface area (Å²) in [5, 5.41) is 7.55. The SMILES string of the molecule is CC(Cc1ccc(Cl)cc1Cl)C(=O)NCc1ccc2c(c1)CNC2.Cl.